The average molecular weight is 409 g/mol. The van der Waals surface area contributed by atoms with Gasteiger partial charge < -0.3 is 15.4 Å². The Hall–Kier alpha value is -2.37. The highest BCUT2D eigenvalue weighted by Gasteiger charge is 2.31. The van der Waals surface area contributed by atoms with E-state index < -0.39 is 0 Å². The maximum Gasteiger partial charge on any atom is 0.191 e. The average Bonchev–Trinajstić information content (AvgIpc) is 3.13. The minimum Gasteiger partial charge on any atom is -0.372 e. The van der Waals surface area contributed by atoms with Crippen LogP contribution in [0.2, 0.25) is 0 Å². The molecule has 0 bridgehead atoms. The zero-order valence-corrected chi connectivity index (χ0v) is 18.8. The van der Waals surface area contributed by atoms with Crippen LogP contribution >= 0.6 is 0 Å². The second-order valence-electron chi connectivity index (χ2n) is 8.50. The lowest BCUT2D eigenvalue weighted by atomic mass is 10.1. The van der Waals surface area contributed by atoms with Crippen LogP contribution in [0.25, 0.3) is 0 Å². The summed E-state index contributed by atoms with van der Waals surface area (Å²) in [4.78, 5) is 6.95. The molecule has 1 aliphatic heterocycles. The van der Waals surface area contributed by atoms with Gasteiger partial charge in [-0.3, -0.25) is 9.89 Å². The van der Waals surface area contributed by atoms with Crippen LogP contribution in [0, 0.1) is 5.92 Å². The molecule has 0 spiro atoms. The number of ether oxygens (including phenoxy) is 1. The van der Waals surface area contributed by atoms with E-state index in [1.807, 2.05) is 25.2 Å². The zero-order valence-electron chi connectivity index (χ0n) is 18.8. The molecule has 0 aliphatic carbocycles. The Morgan fingerprint density at radius 3 is 2.43 bits per heavy atom. The van der Waals surface area contributed by atoms with Gasteiger partial charge >= 0.3 is 0 Å². The van der Waals surface area contributed by atoms with Crippen molar-refractivity contribution in [2.45, 2.75) is 52.6 Å². The monoisotopic (exact) mass is 408 g/mol. The van der Waals surface area contributed by atoms with Gasteiger partial charge in [-0.1, -0.05) is 61.5 Å². The largest absolute Gasteiger partial charge is 0.372 e. The molecule has 2 unspecified atom stereocenters. The van der Waals surface area contributed by atoms with E-state index >= 15 is 0 Å². The highest BCUT2D eigenvalue weighted by molar-refractivity contribution is 5.80. The summed E-state index contributed by atoms with van der Waals surface area (Å²) in [5, 5.41) is 7.08. The fourth-order valence-corrected chi connectivity index (χ4v) is 3.86. The number of hydrogen-bond acceptors (Lipinski definition) is 3. The molecule has 162 valence electrons. The van der Waals surface area contributed by atoms with Gasteiger partial charge in [0.05, 0.1) is 13.2 Å². The minimum atomic E-state index is 0.427. The maximum absolute atomic E-state index is 5.88. The highest BCUT2D eigenvalue weighted by Crippen LogP contribution is 2.18. The van der Waals surface area contributed by atoms with Gasteiger partial charge in [0, 0.05) is 38.8 Å². The van der Waals surface area contributed by atoms with Crippen molar-refractivity contribution in [1.82, 2.24) is 15.5 Å². The van der Waals surface area contributed by atoms with E-state index in [0.29, 0.717) is 31.2 Å². The SMILES string of the molecule is CN=C(NCc1cccc(COCc2ccccc2)c1)NC1CN(C(C)C)CC1C. The van der Waals surface area contributed by atoms with E-state index in [4.69, 9.17) is 4.74 Å². The smallest absolute Gasteiger partial charge is 0.191 e. The fraction of sp³-hybridized carbons (Fsp3) is 0.480. The summed E-state index contributed by atoms with van der Waals surface area (Å²) in [7, 11) is 1.84. The first-order valence-corrected chi connectivity index (χ1v) is 11.0. The number of likely N-dealkylation sites (tertiary alicyclic amines) is 1. The third-order valence-electron chi connectivity index (χ3n) is 5.75. The molecule has 0 amide bonds. The van der Waals surface area contributed by atoms with E-state index in [1.165, 1.54) is 16.7 Å². The predicted octanol–water partition coefficient (Wildman–Crippen LogP) is 3.80. The number of hydrogen-bond donors (Lipinski definition) is 2. The van der Waals surface area contributed by atoms with Crippen LogP contribution in [0.4, 0.5) is 0 Å². The topological polar surface area (TPSA) is 48.9 Å². The number of benzene rings is 2. The molecule has 2 aromatic carbocycles. The molecule has 1 aliphatic rings. The molecule has 1 heterocycles. The van der Waals surface area contributed by atoms with E-state index in [-0.39, 0.29) is 0 Å². The Balaban J connectivity index is 1.47. The Kier molecular flexibility index (Phi) is 8.29. The quantitative estimate of drug-likeness (QED) is 0.515. The molecule has 2 N–H and O–H groups in total. The van der Waals surface area contributed by atoms with E-state index in [9.17, 15) is 0 Å². The van der Waals surface area contributed by atoms with Crippen LogP contribution in [0.1, 0.15) is 37.5 Å². The van der Waals surface area contributed by atoms with E-state index in [2.05, 4.69) is 77.7 Å². The van der Waals surface area contributed by atoms with Crippen molar-refractivity contribution in [3.63, 3.8) is 0 Å². The Bertz CT molecular complexity index is 806. The van der Waals surface area contributed by atoms with Gasteiger partial charge in [0.15, 0.2) is 5.96 Å². The first-order valence-electron chi connectivity index (χ1n) is 11.0. The Morgan fingerprint density at radius 1 is 1.03 bits per heavy atom. The summed E-state index contributed by atoms with van der Waals surface area (Å²) in [5.41, 5.74) is 3.61. The lowest BCUT2D eigenvalue weighted by Crippen LogP contribution is -2.46. The van der Waals surface area contributed by atoms with Crippen molar-refractivity contribution < 1.29 is 4.74 Å². The molecular formula is C25H36N4O. The summed E-state index contributed by atoms with van der Waals surface area (Å²) in [5.74, 6) is 1.47. The van der Waals surface area contributed by atoms with Gasteiger partial charge in [0.2, 0.25) is 0 Å². The van der Waals surface area contributed by atoms with Crippen molar-refractivity contribution in [3.8, 4) is 0 Å². The molecule has 2 atom stereocenters. The predicted molar refractivity (Wildman–Crippen MR) is 124 cm³/mol. The first-order chi connectivity index (χ1) is 14.5. The zero-order chi connectivity index (χ0) is 21.3. The molecule has 2 aromatic rings. The lowest BCUT2D eigenvalue weighted by molar-refractivity contribution is 0.107. The van der Waals surface area contributed by atoms with E-state index in [0.717, 1.165) is 25.6 Å². The lowest BCUT2D eigenvalue weighted by Gasteiger charge is -2.22. The molecular weight excluding hydrogens is 372 g/mol. The van der Waals surface area contributed by atoms with Crippen LogP contribution < -0.4 is 10.6 Å². The fourth-order valence-electron chi connectivity index (χ4n) is 3.86. The van der Waals surface area contributed by atoms with Crippen molar-refractivity contribution in [2.24, 2.45) is 10.9 Å². The van der Waals surface area contributed by atoms with Gasteiger partial charge in [0.1, 0.15) is 0 Å². The maximum atomic E-state index is 5.88. The number of guanidine groups is 1. The molecule has 0 aromatic heterocycles. The molecule has 0 radical (unpaired) electrons. The summed E-state index contributed by atoms with van der Waals surface area (Å²) in [6.45, 7) is 11.0. The summed E-state index contributed by atoms with van der Waals surface area (Å²) < 4.78 is 5.88. The molecule has 3 rings (SSSR count). The van der Waals surface area contributed by atoms with Crippen molar-refractivity contribution in [2.75, 3.05) is 20.1 Å². The van der Waals surface area contributed by atoms with Crippen LogP contribution in [0.3, 0.4) is 0 Å². The number of nitrogens with one attached hydrogen (secondary N) is 2. The number of nitrogens with zero attached hydrogens (tertiary/aromatic N) is 2. The minimum absolute atomic E-state index is 0.427. The molecule has 5 nitrogen and oxygen atoms in total. The van der Waals surface area contributed by atoms with E-state index in [1.54, 1.807) is 0 Å². The van der Waals surface area contributed by atoms with Crippen molar-refractivity contribution in [3.05, 3.63) is 71.3 Å². The van der Waals surface area contributed by atoms with Gasteiger partial charge in [-0.05, 0) is 36.5 Å². The van der Waals surface area contributed by atoms with Gasteiger partial charge in [-0.15, -0.1) is 0 Å². The molecule has 30 heavy (non-hydrogen) atoms. The Labute approximate surface area is 181 Å². The number of aliphatic imine (C=N–C) groups is 1. The standard InChI is InChI=1S/C25H36N4O/c1-19(2)29-15-20(3)24(16-29)28-25(26-4)27-14-22-11-8-12-23(13-22)18-30-17-21-9-6-5-7-10-21/h5-13,19-20,24H,14-18H2,1-4H3,(H2,26,27,28). The Morgan fingerprint density at radius 2 is 1.73 bits per heavy atom. The summed E-state index contributed by atoms with van der Waals surface area (Å²) in [6.07, 6.45) is 0. The highest BCUT2D eigenvalue weighted by atomic mass is 16.5. The van der Waals surface area contributed by atoms with Crippen molar-refractivity contribution >= 4 is 5.96 Å². The molecule has 0 saturated carbocycles. The third-order valence-corrected chi connectivity index (χ3v) is 5.75. The van der Waals surface area contributed by atoms with Gasteiger partial charge in [-0.25, -0.2) is 0 Å². The second-order valence-corrected chi connectivity index (χ2v) is 8.50. The van der Waals surface area contributed by atoms with Gasteiger partial charge in [0.25, 0.3) is 0 Å². The van der Waals surface area contributed by atoms with Gasteiger partial charge in [-0.2, -0.15) is 0 Å². The third kappa shape index (κ3) is 6.57. The summed E-state index contributed by atoms with van der Waals surface area (Å²) >= 11 is 0. The first kappa shape index (κ1) is 22.3. The second kappa shape index (κ2) is 11.1. The van der Waals surface area contributed by atoms with Crippen LogP contribution in [0.5, 0.6) is 0 Å². The normalized spacial score (nSPS) is 20.0. The molecule has 5 heteroatoms. The van der Waals surface area contributed by atoms with Crippen LogP contribution in [-0.2, 0) is 24.5 Å². The molecule has 1 fully saturated rings. The van der Waals surface area contributed by atoms with Crippen molar-refractivity contribution in [1.29, 1.82) is 0 Å². The van der Waals surface area contributed by atoms with Crippen LogP contribution in [0.15, 0.2) is 59.6 Å². The molecule has 1 saturated heterocycles. The summed E-state index contributed by atoms with van der Waals surface area (Å²) in [6, 6.07) is 19.8. The number of rotatable bonds is 8. The van der Waals surface area contributed by atoms with Crippen LogP contribution in [-0.4, -0.2) is 43.1 Å².